The van der Waals surface area contributed by atoms with E-state index < -0.39 is 4.92 Å². The van der Waals surface area contributed by atoms with Crippen molar-refractivity contribution in [2.24, 2.45) is 0 Å². The molecule has 1 aromatic carbocycles. The van der Waals surface area contributed by atoms with Crippen LogP contribution in [-0.2, 0) is 6.54 Å². The molecule has 106 valence electrons. The van der Waals surface area contributed by atoms with Crippen LogP contribution in [0.25, 0.3) is 10.8 Å². The van der Waals surface area contributed by atoms with Crippen LogP contribution >= 0.6 is 0 Å². The molecule has 9 nitrogen and oxygen atoms in total. The molecule has 0 saturated carbocycles. The first-order valence-electron chi connectivity index (χ1n) is 6.03. The second-order valence-electron chi connectivity index (χ2n) is 4.29. The molecule has 0 atom stereocenters. The fraction of sp³-hybridized carbons (Fsp3) is 0.0833. The predicted octanol–water partition coefficient (Wildman–Crippen LogP) is 1.17. The molecule has 0 radical (unpaired) electrons. The number of pyridine rings is 1. The predicted molar refractivity (Wildman–Crippen MR) is 74.9 cm³/mol. The molecule has 0 bridgehead atoms. The van der Waals surface area contributed by atoms with Crippen molar-refractivity contribution in [1.29, 1.82) is 0 Å². The number of aromatic nitrogens is 4. The molecule has 2 aromatic heterocycles. The van der Waals surface area contributed by atoms with Crippen LogP contribution in [0.3, 0.4) is 0 Å². The minimum atomic E-state index is -0.445. The molecule has 3 aromatic rings. The second kappa shape index (κ2) is 5.04. The van der Waals surface area contributed by atoms with E-state index in [1.165, 1.54) is 12.3 Å². The summed E-state index contributed by atoms with van der Waals surface area (Å²) < 4.78 is 0. The van der Waals surface area contributed by atoms with Gasteiger partial charge in [-0.3, -0.25) is 20.1 Å². The van der Waals surface area contributed by atoms with Gasteiger partial charge in [-0.25, -0.2) is 9.89 Å². The maximum atomic E-state index is 11.0. The van der Waals surface area contributed by atoms with Crippen molar-refractivity contribution in [2.45, 2.75) is 6.54 Å². The Balaban J connectivity index is 1.97. The Morgan fingerprint density at radius 2 is 2.14 bits per heavy atom. The largest absolute Gasteiger partial charge is 0.377 e. The lowest BCUT2D eigenvalue weighted by Crippen LogP contribution is -2.05. The van der Waals surface area contributed by atoms with Gasteiger partial charge in [0.15, 0.2) is 0 Å². The molecular formula is C12H10N6O3. The van der Waals surface area contributed by atoms with Crippen LogP contribution in [0.2, 0.25) is 0 Å². The lowest BCUT2D eigenvalue weighted by molar-refractivity contribution is -0.383. The SMILES string of the molecule is O=c1[nH]nc(CNc2ccc([N+](=O)[O-])c3cnccc23)[nH]1. The zero-order valence-corrected chi connectivity index (χ0v) is 10.7. The van der Waals surface area contributed by atoms with Gasteiger partial charge in [-0.1, -0.05) is 0 Å². The molecule has 21 heavy (non-hydrogen) atoms. The molecule has 0 amide bonds. The van der Waals surface area contributed by atoms with Crippen LogP contribution < -0.4 is 11.0 Å². The van der Waals surface area contributed by atoms with Gasteiger partial charge in [-0.15, -0.1) is 0 Å². The molecule has 0 aliphatic rings. The molecule has 0 fully saturated rings. The summed E-state index contributed by atoms with van der Waals surface area (Å²) in [5.74, 6) is 0.445. The number of fused-ring (bicyclic) bond motifs is 1. The van der Waals surface area contributed by atoms with Crippen LogP contribution in [0, 0.1) is 10.1 Å². The lowest BCUT2D eigenvalue weighted by atomic mass is 10.1. The van der Waals surface area contributed by atoms with Gasteiger partial charge in [0.2, 0.25) is 0 Å². The smallest absolute Gasteiger partial charge is 0.340 e. The zero-order chi connectivity index (χ0) is 14.8. The third-order valence-corrected chi connectivity index (χ3v) is 2.99. The highest BCUT2D eigenvalue weighted by Crippen LogP contribution is 2.30. The Labute approximate surface area is 117 Å². The van der Waals surface area contributed by atoms with E-state index in [0.29, 0.717) is 22.3 Å². The molecule has 3 rings (SSSR count). The molecule has 2 heterocycles. The van der Waals surface area contributed by atoms with Gasteiger partial charge < -0.3 is 5.32 Å². The standard InChI is InChI=1S/C12H10N6O3/c19-12-15-11(16-17-12)6-14-9-1-2-10(18(20)21)8-5-13-4-3-7(8)9/h1-5,14H,6H2,(H2,15,16,17,19). The summed E-state index contributed by atoms with van der Waals surface area (Å²) in [5.41, 5.74) is 0.309. The van der Waals surface area contributed by atoms with Crippen LogP contribution in [0.5, 0.6) is 0 Å². The summed E-state index contributed by atoms with van der Waals surface area (Å²) in [7, 11) is 0. The topological polar surface area (TPSA) is 130 Å². The summed E-state index contributed by atoms with van der Waals surface area (Å²) >= 11 is 0. The van der Waals surface area contributed by atoms with Gasteiger partial charge in [0, 0.05) is 29.5 Å². The normalized spacial score (nSPS) is 10.7. The number of benzene rings is 1. The van der Waals surface area contributed by atoms with E-state index in [-0.39, 0.29) is 17.9 Å². The first kappa shape index (κ1) is 12.8. The van der Waals surface area contributed by atoms with Crippen molar-refractivity contribution in [2.75, 3.05) is 5.32 Å². The minimum Gasteiger partial charge on any atom is -0.377 e. The van der Waals surface area contributed by atoms with Gasteiger partial charge in [-0.2, -0.15) is 5.10 Å². The van der Waals surface area contributed by atoms with Crippen molar-refractivity contribution >= 4 is 22.1 Å². The number of aromatic amines is 2. The highest BCUT2D eigenvalue weighted by molar-refractivity contribution is 5.99. The summed E-state index contributed by atoms with van der Waals surface area (Å²) in [6, 6.07) is 4.73. The molecular weight excluding hydrogens is 276 g/mol. The fourth-order valence-electron chi connectivity index (χ4n) is 2.06. The molecule has 0 spiro atoms. The number of hydrogen-bond donors (Lipinski definition) is 3. The van der Waals surface area contributed by atoms with E-state index in [2.05, 4.69) is 25.5 Å². The number of nitro benzene ring substituents is 1. The minimum absolute atomic E-state index is 0.00294. The van der Waals surface area contributed by atoms with Gasteiger partial charge >= 0.3 is 5.69 Å². The molecule has 0 aliphatic heterocycles. The number of anilines is 1. The number of nitrogens with zero attached hydrogens (tertiary/aromatic N) is 3. The maximum absolute atomic E-state index is 11.0. The maximum Gasteiger partial charge on any atom is 0.340 e. The van der Waals surface area contributed by atoms with Crippen LogP contribution in [0.4, 0.5) is 11.4 Å². The number of non-ortho nitro benzene ring substituents is 1. The van der Waals surface area contributed by atoms with Crippen molar-refractivity contribution in [3.8, 4) is 0 Å². The van der Waals surface area contributed by atoms with Crippen LogP contribution in [0.1, 0.15) is 5.82 Å². The van der Waals surface area contributed by atoms with E-state index in [9.17, 15) is 14.9 Å². The molecule has 0 aliphatic carbocycles. The van der Waals surface area contributed by atoms with Crippen molar-refractivity contribution in [3.63, 3.8) is 0 Å². The number of nitro groups is 1. The van der Waals surface area contributed by atoms with E-state index >= 15 is 0 Å². The average Bonchev–Trinajstić information content (AvgIpc) is 2.90. The Bertz CT molecular complexity index is 869. The molecule has 0 unspecified atom stereocenters. The Hall–Kier alpha value is -3.23. The molecule has 9 heteroatoms. The van der Waals surface area contributed by atoms with Crippen molar-refractivity contribution in [1.82, 2.24) is 20.2 Å². The zero-order valence-electron chi connectivity index (χ0n) is 10.7. The van der Waals surface area contributed by atoms with E-state index in [4.69, 9.17) is 0 Å². The monoisotopic (exact) mass is 286 g/mol. The van der Waals surface area contributed by atoms with Crippen LogP contribution in [0.15, 0.2) is 35.4 Å². The van der Waals surface area contributed by atoms with Crippen molar-refractivity contribution < 1.29 is 4.92 Å². The Kier molecular flexibility index (Phi) is 3.07. The quantitative estimate of drug-likeness (QED) is 0.487. The fourth-order valence-corrected chi connectivity index (χ4v) is 2.06. The summed E-state index contributed by atoms with van der Waals surface area (Å²) in [6.07, 6.45) is 3.02. The lowest BCUT2D eigenvalue weighted by Gasteiger charge is -2.08. The molecule has 0 saturated heterocycles. The summed E-state index contributed by atoms with van der Waals surface area (Å²) in [4.78, 5) is 28.0. The van der Waals surface area contributed by atoms with E-state index in [1.807, 2.05) is 0 Å². The second-order valence-corrected chi connectivity index (χ2v) is 4.29. The first-order chi connectivity index (χ1) is 10.1. The third kappa shape index (κ3) is 2.43. The average molecular weight is 286 g/mol. The van der Waals surface area contributed by atoms with Gasteiger partial charge in [-0.05, 0) is 12.1 Å². The molecule has 3 N–H and O–H groups in total. The Morgan fingerprint density at radius 1 is 1.29 bits per heavy atom. The highest BCUT2D eigenvalue weighted by atomic mass is 16.6. The summed E-state index contributed by atoms with van der Waals surface area (Å²) in [6.45, 7) is 0.286. The first-order valence-corrected chi connectivity index (χ1v) is 6.03. The summed E-state index contributed by atoms with van der Waals surface area (Å²) in [5, 5.41) is 21.3. The number of H-pyrrole nitrogens is 2. The third-order valence-electron chi connectivity index (χ3n) is 2.99. The van der Waals surface area contributed by atoms with E-state index in [1.54, 1.807) is 18.3 Å². The van der Waals surface area contributed by atoms with Gasteiger partial charge in [0.05, 0.1) is 16.9 Å². The number of rotatable bonds is 4. The van der Waals surface area contributed by atoms with Gasteiger partial charge in [0.1, 0.15) is 5.82 Å². The number of hydrogen-bond acceptors (Lipinski definition) is 6. The highest BCUT2D eigenvalue weighted by Gasteiger charge is 2.14. The Morgan fingerprint density at radius 3 is 2.86 bits per heavy atom. The number of nitrogens with one attached hydrogen (secondary N) is 3. The van der Waals surface area contributed by atoms with E-state index in [0.717, 1.165) is 0 Å². The van der Waals surface area contributed by atoms with Gasteiger partial charge in [0.25, 0.3) is 5.69 Å². The van der Waals surface area contributed by atoms with Crippen LogP contribution in [-0.4, -0.2) is 25.1 Å². The van der Waals surface area contributed by atoms with Crippen molar-refractivity contribution in [3.05, 3.63) is 57.0 Å².